The van der Waals surface area contributed by atoms with Gasteiger partial charge in [0.25, 0.3) is 0 Å². The van der Waals surface area contributed by atoms with Crippen molar-refractivity contribution in [1.82, 2.24) is 10.6 Å². The van der Waals surface area contributed by atoms with Crippen LogP contribution in [0.15, 0.2) is 34.0 Å². The first-order valence-corrected chi connectivity index (χ1v) is 10.2. The molecule has 0 bridgehead atoms. The number of ether oxygens (including phenoxy) is 2. The van der Waals surface area contributed by atoms with Crippen LogP contribution in [0.1, 0.15) is 40.5 Å². The Morgan fingerprint density at radius 1 is 1.37 bits per heavy atom. The monoisotopic (exact) mass is 438 g/mol. The summed E-state index contributed by atoms with van der Waals surface area (Å²) in [6.07, 6.45) is 6.94. The minimum atomic E-state index is -0.579. The fourth-order valence-electron chi connectivity index (χ4n) is 3.90. The summed E-state index contributed by atoms with van der Waals surface area (Å²) in [4.78, 5) is 24.8. The highest BCUT2D eigenvalue weighted by molar-refractivity contribution is 9.11. The van der Waals surface area contributed by atoms with Crippen molar-refractivity contribution < 1.29 is 19.1 Å². The largest absolute Gasteiger partial charge is 0.466 e. The third-order valence-electron chi connectivity index (χ3n) is 4.90. The van der Waals surface area contributed by atoms with Gasteiger partial charge >= 0.3 is 12.1 Å². The number of amides is 1. The molecule has 0 aromatic carbocycles. The quantitative estimate of drug-likeness (QED) is 0.658. The summed E-state index contributed by atoms with van der Waals surface area (Å²) in [5.74, 6) is -0.320. The molecule has 0 saturated heterocycles. The number of allylic oxidation sites excluding steroid dienone is 2. The molecule has 3 rings (SSSR count). The molecule has 0 aromatic rings. The number of nitrogens with one attached hydrogen (secondary N) is 2. The molecule has 0 aromatic heterocycles. The van der Waals surface area contributed by atoms with Crippen LogP contribution >= 0.6 is 15.9 Å². The molecule has 4 atom stereocenters. The Morgan fingerprint density at radius 2 is 2.11 bits per heavy atom. The molecule has 27 heavy (non-hydrogen) atoms. The number of hydrogen-bond donors (Lipinski definition) is 2. The Labute approximate surface area is 168 Å². The maximum absolute atomic E-state index is 12.4. The molecule has 0 radical (unpaired) electrons. The van der Waals surface area contributed by atoms with Crippen molar-refractivity contribution >= 4 is 28.0 Å². The molecule has 0 fully saturated rings. The topological polar surface area (TPSA) is 76.7 Å². The van der Waals surface area contributed by atoms with Crippen molar-refractivity contribution in [2.45, 2.75) is 58.2 Å². The van der Waals surface area contributed by atoms with E-state index in [1.165, 1.54) is 0 Å². The molecule has 0 saturated carbocycles. The fourth-order valence-corrected chi connectivity index (χ4v) is 4.33. The van der Waals surface area contributed by atoms with Gasteiger partial charge in [0.15, 0.2) is 0 Å². The predicted molar refractivity (Wildman–Crippen MR) is 106 cm³/mol. The second-order valence-electron chi connectivity index (χ2n) is 8.13. The summed E-state index contributed by atoms with van der Waals surface area (Å²) >= 11 is 3.54. The lowest BCUT2D eigenvalue weighted by molar-refractivity contribution is -0.148. The summed E-state index contributed by atoms with van der Waals surface area (Å²) in [6, 6.07) is -0.163. The number of alkyl carbamates (subject to hydrolysis) is 1. The summed E-state index contributed by atoms with van der Waals surface area (Å²) in [7, 11) is 0. The first kappa shape index (κ1) is 20.0. The SMILES string of the molecule is CCOC(=O)C1CC2=C(NC3C=CC(Br)=CC23)C(NC(=O)OC(C)(C)C)C1. The fraction of sp³-hybridized carbons (Fsp3) is 0.600. The van der Waals surface area contributed by atoms with E-state index in [4.69, 9.17) is 9.47 Å². The van der Waals surface area contributed by atoms with E-state index in [1.54, 1.807) is 6.92 Å². The molecule has 2 aliphatic carbocycles. The second-order valence-corrected chi connectivity index (χ2v) is 9.05. The van der Waals surface area contributed by atoms with Crippen LogP contribution < -0.4 is 10.6 Å². The predicted octanol–water partition coefficient (Wildman–Crippen LogP) is 3.54. The summed E-state index contributed by atoms with van der Waals surface area (Å²) < 4.78 is 11.7. The van der Waals surface area contributed by atoms with E-state index in [-0.39, 0.29) is 29.9 Å². The highest BCUT2D eigenvalue weighted by Crippen LogP contribution is 2.42. The van der Waals surface area contributed by atoms with Gasteiger partial charge in [0.05, 0.1) is 24.6 Å². The van der Waals surface area contributed by atoms with Gasteiger partial charge in [0, 0.05) is 16.1 Å². The van der Waals surface area contributed by atoms with Crippen LogP contribution in [-0.2, 0) is 14.3 Å². The van der Waals surface area contributed by atoms with Gasteiger partial charge < -0.3 is 20.1 Å². The lowest BCUT2D eigenvalue weighted by Gasteiger charge is -2.31. The molecule has 0 spiro atoms. The Bertz CT molecular complexity index is 720. The number of halogens is 1. The maximum Gasteiger partial charge on any atom is 0.408 e. The normalized spacial score (nSPS) is 29.3. The van der Waals surface area contributed by atoms with Crippen LogP contribution in [0.25, 0.3) is 0 Å². The van der Waals surface area contributed by atoms with Gasteiger partial charge in [0.1, 0.15) is 5.60 Å². The van der Waals surface area contributed by atoms with E-state index in [1.807, 2.05) is 26.8 Å². The van der Waals surface area contributed by atoms with Gasteiger partial charge in [-0.25, -0.2) is 4.79 Å². The van der Waals surface area contributed by atoms with E-state index < -0.39 is 11.7 Å². The molecule has 7 heteroatoms. The zero-order valence-corrected chi connectivity index (χ0v) is 17.8. The highest BCUT2D eigenvalue weighted by atomic mass is 79.9. The second kappa shape index (κ2) is 7.70. The van der Waals surface area contributed by atoms with Crippen molar-refractivity contribution in [3.63, 3.8) is 0 Å². The lowest BCUT2D eigenvalue weighted by Crippen LogP contribution is -2.46. The first-order chi connectivity index (χ1) is 12.7. The Kier molecular flexibility index (Phi) is 5.70. The zero-order chi connectivity index (χ0) is 19.8. The molecule has 1 heterocycles. The van der Waals surface area contributed by atoms with E-state index in [0.29, 0.717) is 19.4 Å². The number of carbonyl (C=O) groups excluding carboxylic acids is 2. The van der Waals surface area contributed by atoms with Crippen LogP contribution in [0.5, 0.6) is 0 Å². The van der Waals surface area contributed by atoms with Crippen molar-refractivity contribution in [3.05, 3.63) is 34.0 Å². The van der Waals surface area contributed by atoms with E-state index >= 15 is 0 Å². The van der Waals surface area contributed by atoms with Crippen LogP contribution in [-0.4, -0.2) is 36.4 Å². The molecule has 2 N–H and O–H groups in total. The Hall–Kier alpha value is -1.76. The number of fused-ring (bicyclic) bond motifs is 2. The van der Waals surface area contributed by atoms with Gasteiger partial charge in [-0.1, -0.05) is 34.2 Å². The van der Waals surface area contributed by atoms with Gasteiger partial charge in [-0.05, 0) is 46.1 Å². The van der Waals surface area contributed by atoms with E-state index in [2.05, 4.69) is 38.7 Å². The Balaban J connectivity index is 1.85. The van der Waals surface area contributed by atoms with Gasteiger partial charge in [-0.15, -0.1) is 0 Å². The lowest BCUT2D eigenvalue weighted by atomic mass is 9.78. The van der Waals surface area contributed by atoms with E-state index in [9.17, 15) is 9.59 Å². The van der Waals surface area contributed by atoms with Crippen LogP contribution in [0.2, 0.25) is 0 Å². The standard InChI is InChI=1S/C20H27BrN2O4/c1-5-26-18(24)11-8-14-13-10-12(21)6-7-15(13)22-17(14)16(9-11)23-19(25)27-20(2,3)4/h6-7,10-11,13,15-16,22H,5,8-9H2,1-4H3,(H,23,25). The van der Waals surface area contributed by atoms with Crippen molar-refractivity contribution in [3.8, 4) is 0 Å². The van der Waals surface area contributed by atoms with Crippen LogP contribution in [0.4, 0.5) is 4.79 Å². The summed E-state index contributed by atoms with van der Waals surface area (Å²) in [5.41, 5.74) is 1.58. The van der Waals surface area contributed by atoms with Gasteiger partial charge in [-0.3, -0.25) is 4.79 Å². The average molecular weight is 439 g/mol. The number of rotatable bonds is 3. The van der Waals surface area contributed by atoms with Gasteiger partial charge in [0.2, 0.25) is 0 Å². The molecule has 6 nitrogen and oxygen atoms in total. The first-order valence-electron chi connectivity index (χ1n) is 9.39. The maximum atomic E-state index is 12.4. The summed E-state index contributed by atoms with van der Waals surface area (Å²) in [6.45, 7) is 7.64. The molecule has 148 valence electrons. The number of carbonyl (C=O) groups is 2. The van der Waals surface area contributed by atoms with Crippen molar-refractivity contribution in [1.29, 1.82) is 0 Å². The molecule has 1 amide bonds. The van der Waals surface area contributed by atoms with E-state index in [0.717, 1.165) is 15.8 Å². The molecule has 3 aliphatic rings. The van der Waals surface area contributed by atoms with Crippen molar-refractivity contribution in [2.24, 2.45) is 11.8 Å². The van der Waals surface area contributed by atoms with Crippen LogP contribution in [0.3, 0.4) is 0 Å². The molecule has 4 unspecified atom stereocenters. The number of hydrogen-bond acceptors (Lipinski definition) is 5. The average Bonchev–Trinajstić information content (AvgIpc) is 2.91. The zero-order valence-electron chi connectivity index (χ0n) is 16.2. The number of esters is 1. The van der Waals surface area contributed by atoms with Gasteiger partial charge in [-0.2, -0.15) is 0 Å². The molecular formula is C20H27BrN2O4. The van der Waals surface area contributed by atoms with Crippen molar-refractivity contribution in [2.75, 3.05) is 6.61 Å². The minimum Gasteiger partial charge on any atom is -0.466 e. The van der Waals surface area contributed by atoms with Crippen LogP contribution in [0, 0.1) is 11.8 Å². The highest BCUT2D eigenvalue weighted by Gasteiger charge is 2.43. The molecular weight excluding hydrogens is 412 g/mol. The third kappa shape index (κ3) is 4.57. The summed E-state index contributed by atoms with van der Waals surface area (Å²) in [5, 5.41) is 6.48. The smallest absolute Gasteiger partial charge is 0.408 e. The molecule has 1 aliphatic heterocycles. The minimum absolute atomic E-state index is 0.139. The Morgan fingerprint density at radius 3 is 2.78 bits per heavy atom. The third-order valence-corrected chi connectivity index (χ3v) is 5.43.